The topological polar surface area (TPSA) is 69.6 Å². The van der Waals surface area contributed by atoms with Crippen molar-refractivity contribution in [1.82, 2.24) is 20.0 Å². The fourth-order valence-electron chi connectivity index (χ4n) is 4.37. The molecule has 188 valence electrons. The van der Waals surface area contributed by atoms with Crippen molar-refractivity contribution in [2.75, 3.05) is 44.2 Å². The molecule has 2 amide bonds. The van der Waals surface area contributed by atoms with Gasteiger partial charge in [-0.25, -0.2) is 0 Å². The van der Waals surface area contributed by atoms with Crippen LogP contribution in [-0.4, -0.2) is 71.1 Å². The third-order valence-corrected chi connectivity index (χ3v) is 6.90. The number of rotatable bonds is 8. The van der Waals surface area contributed by atoms with Gasteiger partial charge in [-0.3, -0.25) is 9.59 Å². The fourth-order valence-corrected chi connectivity index (χ4v) is 4.37. The maximum absolute atomic E-state index is 12.8. The average Bonchev–Trinajstić information content (AvgIpc) is 2.93. The molecule has 1 aliphatic rings. The Hall–Kier alpha value is -3.74. The van der Waals surface area contributed by atoms with Crippen LogP contribution in [0.3, 0.4) is 0 Å². The van der Waals surface area contributed by atoms with Gasteiger partial charge in [-0.2, -0.15) is 0 Å². The highest BCUT2D eigenvalue weighted by Gasteiger charge is 2.25. The Morgan fingerprint density at radius 3 is 2.08 bits per heavy atom. The monoisotopic (exact) mass is 485 g/mol. The normalized spacial score (nSPS) is 14.4. The second kappa shape index (κ2) is 11.8. The quantitative estimate of drug-likeness (QED) is 0.474. The van der Waals surface area contributed by atoms with E-state index in [1.165, 1.54) is 18.1 Å². The molecule has 1 aromatic heterocycles. The summed E-state index contributed by atoms with van der Waals surface area (Å²) in [4.78, 5) is 30.5. The highest BCUT2D eigenvalue weighted by Crippen LogP contribution is 2.24. The number of nitrogens with zero attached hydrogens (tertiary/aromatic N) is 5. The van der Waals surface area contributed by atoms with E-state index < -0.39 is 0 Å². The Morgan fingerprint density at radius 1 is 0.861 bits per heavy atom. The van der Waals surface area contributed by atoms with Gasteiger partial charge in [0.2, 0.25) is 11.8 Å². The van der Waals surface area contributed by atoms with Crippen LogP contribution < -0.4 is 4.90 Å². The number of carbonyl (C=O) groups excluding carboxylic acids is 2. The maximum Gasteiger partial charge on any atom is 0.242 e. The molecule has 0 radical (unpaired) electrons. The van der Waals surface area contributed by atoms with Crippen LogP contribution in [0.1, 0.15) is 27.2 Å². The summed E-state index contributed by atoms with van der Waals surface area (Å²) in [5.41, 5.74) is 4.21. The van der Waals surface area contributed by atoms with Crippen LogP contribution in [0.15, 0.2) is 66.7 Å². The van der Waals surface area contributed by atoms with Crippen LogP contribution in [0.4, 0.5) is 5.82 Å². The highest BCUT2D eigenvalue weighted by molar-refractivity contribution is 5.84. The van der Waals surface area contributed by atoms with Crippen molar-refractivity contribution in [2.45, 2.75) is 27.2 Å². The number of aromatic nitrogens is 2. The molecule has 2 heterocycles. The van der Waals surface area contributed by atoms with Gasteiger partial charge in [-0.1, -0.05) is 74.9 Å². The summed E-state index contributed by atoms with van der Waals surface area (Å²) in [7, 11) is 0. The molecule has 0 bridgehead atoms. The lowest BCUT2D eigenvalue weighted by molar-refractivity contribution is -0.140. The summed E-state index contributed by atoms with van der Waals surface area (Å²) in [5, 5.41) is 8.92. The second-order valence-electron chi connectivity index (χ2n) is 9.50. The predicted octanol–water partition coefficient (Wildman–Crippen LogP) is 4.35. The molecule has 1 saturated heterocycles. The minimum atomic E-state index is -0.0487. The number of piperazine rings is 1. The van der Waals surface area contributed by atoms with Gasteiger partial charge in [0, 0.05) is 45.2 Å². The molecule has 2 aromatic carbocycles. The van der Waals surface area contributed by atoms with Gasteiger partial charge in [-0.15, -0.1) is 10.2 Å². The van der Waals surface area contributed by atoms with Crippen molar-refractivity contribution < 1.29 is 9.59 Å². The summed E-state index contributed by atoms with van der Waals surface area (Å²) in [6.07, 6.45) is 0.982. The lowest BCUT2D eigenvalue weighted by atomic mass is 10.0. The number of benzene rings is 2. The molecule has 1 aliphatic heterocycles. The SMILES string of the molecule is CC[C@@H](C)CN(CC(=O)N1CCN(c2ccc(-c3ccc(-c4ccccc4)cc3)nn2)CC1)C(C)=O. The number of anilines is 1. The number of carbonyl (C=O) groups is 2. The van der Waals surface area contributed by atoms with Crippen molar-refractivity contribution in [3.63, 3.8) is 0 Å². The molecule has 0 aliphatic carbocycles. The molecule has 36 heavy (non-hydrogen) atoms. The van der Waals surface area contributed by atoms with Crippen molar-refractivity contribution in [3.8, 4) is 22.4 Å². The van der Waals surface area contributed by atoms with Crippen LogP contribution in [0.2, 0.25) is 0 Å². The fraction of sp³-hybridized carbons (Fsp3) is 0.379. The maximum atomic E-state index is 12.8. The molecule has 4 rings (SSSR count). The molecule has 1 atom stereocenters. The Bertz CT molecular complexity index is 1140. The Morgan fingerprint density at radius 2 is 1.50 bits per heavy atom. The molecule has 7 heteroatoms. The molecular formula is C29H35N5O2. The molecule has 0 N–H and O–H groups in total. The van der Waals surface area contributed by atoms with Gasteiger partial charge in [0.05, 0.1) is 12.2 Å². The standard InChI is InChI=1S/C29H35N5O2/c1-4-22(2)20-34(23(3)35)21-29(36)33-18-16-32(17-19-33)28-15-14-27(30-31-28)26-12-10-25(11-13-26)24-8-6-5-7-9-24/h5-15,22H,4,16-21H2,1-3H3/t22-/m1/s1. The Labute approximate surface area is 213 Å². The van der Waals surface area contributed by atoms with Gasteiger partial charge < -0.3 is 14.7 Å². The molecule has 0 saturated carbocycles. The summed E-state index contributed by atoms with van der Waals surface area (Å²) < 4.78 is 0. The summed E-state index contributed by atoms with van der Waals surface area (Å²) >= 11 is 0. The second-order valence-corrected chi connectivity index (χ2v) is 9.50. The van der Waals surface area contributed by atoms with E-state index in [4.69, 9.17) is 0 Å². The molecule has 1 fully saturated rings. The highest BCUT2D eigenvalue weighted by atomic mass is 16.2. The number of amides is 2. The van der Waals surface area contributed by atoms with Gasteiger partial charge >= 0.3 is 0 Å². The zero-order chi connectivity index (χ0) is 25.5. The lowest BCUT2D eigenvalue weighted by Gasteiger charge is -2.36. The minimum absolute atomic E-state index is 0.00790. The van der Waals surface area contributed by atoms with Crippen LogP contribution in [0, 0.1) is 5.92 Å². The van der Waals surface area contributed by atoms with Crippen LogP contribution in [0.25, 0.3) is 22.4 Å². The van der Waals surface area contributed by atoms with Crippen LogP contribution in [-0.2, 0) is 9.59 Å². The van der Waals surface area contributed by atoms with Gasteiger partial charge in [0.15, 0.2) is 5.82 Å². The summed E-state index contributed by atoms with van der Waals surface area (Å²) in [6, 6.07) is 22.6. The van der Waals surface area contributed by atoms with Crippen molar-refractivity contribution in [3.05, 3.63) is 66.7 Å². The van der Waals surface area contributed by atoms with E-state index >= 15 is 0 Å². The zero-order valence-electron chi connectivity index (χ0n) is 21.4. The van der Waals surface area contributed by atoms with Crippen molar-refractivity contribution >= 4 is 17.6 Å². The average molecular weight is 486 g/mol. The van der Waals surface area contributed by atoms with Crippen molar-refractivity contribution in [2.24, 2.45) is 5.92 Å². The first kappa shape index (κ1) is 25.4. The third-order valence-electron chi connectivity index (χ3n) is 6.90. The van der Waals surface area contributed by atoms with Gasteiger partial charge in [-0.05, 0) is 29.2 Å². The van der Waals surface area contributed by atoms with E-state index in [0.717, 1.165) is 23.5 Å². The minimum Gasteiger partial charge on any atom is -0.352 e. The molecule has 0 spiro atoms. The zero-order valence-corrected chi connectivity index (χ0v) is 21.4. The summed E-state index contributed by atoms with van der Waals surface area (Å²) in [6.45, 7) is 9.11. The van der Waals surface area contributed by atoms with E-state index in [2.05, 4.69) is 65.3 Å². The number of hydrogen-bond donors (Lipinski definition) is 0. The lowest BCUT2D eigenvalue weighted by Crippen LogP contribution is -2.52. The molecule has 0 unspecified atom stereocenters. The predicted molar refractivity (Wildman–Crippen MR) is 143 cm³/mol. The first-order chi connectivity index (χ1) is 17.4. The Balaban J connectivity index is 1.32. The molecule has 3 aromatic rings. The molecular weight excluding hydrogens is 450 g/mol. The van der Waals surface area contributed by atoms with Gasteiger partial charge in [0.1, 0.15) is 0 Å². The number of hydrogen-bond acceptors (Lipinski definition) is 5. The van der Waals surface area contributed by atoms with E-state index in [1.807, 2.05) is 35.2 Å². The Kier molecular flexibility index (Phi) is 8.31. The molecule has 7 nitrogen and oxygen atoms in total. The van der Waals surface area contributed by atoms with E-state index in [-0.39, 0.29) is 18.4 Å². The first-order valence-corrected chi connectivity index (χ1v) is 12.7. The smallest absolute Gasteiger partial charge is 0.242 e. The van der Waals surface area contributed by atoms with E-state index in [1.54, 1.807) is 4.90 Å². The first-order valence-electron chi connectivity index (χ1n) is 12.7. The van der Waals surface area contributed by atoms with E-state index in [9.17, 15) is 9.59 Å². The van der Waals surface area contributed by atoms with Crippen LogP contribution >= 0.6 is 0 Å². The largest absolute Gasteiger partial charge is 0.352 e. The third kappa shape index (κ3) is 6.27. The van der Waals surface area contributed by atoms with E-state index in [0.29, 0.717) is 38.6 Å². The summed E-state index contributed by atoms with van der Waals surface area (Å²) in [5.74, 6) is 1.15. The van der Waals surface area contributed by atoms with Crippen LogP contribution in [0.5, 0.6) is 0 Å². The van der Waals surface area contributed by atoms with Crippen molar-refractivity contribution in [1.29, 1.82) is 0 Å². The van der Waals surface area contributed by atoms with Gasteiger partial charge in [0.25, 0.3) is 0 Å².